The van der Waals surface area contributed by atoms with E-state index in [9.17, 15) is 8.42 Å². The van der Waals surface area contributed by atoms with Crippen LogP contribution in [0.15, 0.2) is 35.0 Å². The zero-order valence-corrected chi connectivity index (χ0v) is 14.9. The number of nitrogens with zero attached hydrogens (tertiary/aromatic N) is 3. The molecule has 4 rings (SSSR count). The van der Waals surface area contributed by atoms with Crippen LogP contribution in [0.4, 0.5) is 0 Å². The first-order valence-corrected chi connectivity index (χ1v) is 10.0. The lowest BCUT2D eigenvalue weighted by Crippen LogP contribution is -2.67. The van der Waals surface area contributed by atoms with Gasteiger partial charge in [0.2, 0.25) is 0 Å². The second-order valence-corrected chi connectivity index (χ2v) is 9.32. The van der Waals surface area contributed by atoms with Gasteiger partial charge in [-0.1, -0.05) is 0 Å². The van der Waals surface area contributed by atoms with Crippen LogP contribution < -0.4 is 4.74 Å². The highest BCUT2D eigenvalue weighted by molar-refractivity contribution is 7.93. The van der Waals surface area contributed by atoms with Crippen molar-refractivity contribution in [2.24, 2.45) is 5.92 Å². The van der Waals surface area contributed by atoms with Crippen molar-refractivity contribution >= 4 is 9.84 Å². The van der Waals surface area contributed by atoms with E-state index in [1.54, 1.807) is 18.5 Å². The lowest BCUT2D eigenvalue weighted by atomic mass is 9.83. The van der Waals surface area contributed by atoms with Gasteiger partial charge in [-0.25, -0.2) is 18.4 Å². The van der Waals surface area contributed by atoms with Gasteiger partial charge in [-0.3, -0.25) is 4.90 Å². The van der Waals surface area contributed by atoms with Crippen LogP contribution in [0.25, 0.3) is 0 Å². The molecule has 8 heteroatoms. The van der Waals surface area contributed by atoms with Crippen molar-refractivity contribution in [1.82, 2.24) is 14.9 Å². The molecule has 4 heterocycles. The van der Waals surface area contributed by atoms with Crippen molar-refractivity contribution in [3.8, 4) is 6.01 Å². The highest BCUT2D eigenvalue weighted by atomic mass is 32.2. The molecule has 2 saturated heterocycles. The van der Waals surface area contributed by atoms with Gasteiger partial charge < -0.3 is 9.15 Å². The number of ether oxygens (including phenoxy) is 1. The van der Waals surface area contributed by atoms with Crippen LogP contribution in [0.2, 0.25) is 0 Å². The fourth-order valence-electron chi connectivity index (χ4n) is 3.86. The quantitative estimate of drug-likeness (QED) is 0.795. The summed E-state index contributed by atoms with van der Waals surface area (Å²) < 4.78 is 35.8. The summed E-state index contributed by atoms with van der Waals surface area (Å²) in [5, 5.41) is 0. The van der Waals surface area contributed by atoms with Gasteiger partial charge >= 0.3 is 6.01 Å². The Morgan fingerprint density at radius 2 is 2.08 bits per heavy atom. The molecule has 1 unspecified atom stereocenters. The van der Waals surface area contributed by atoms with Gasteiger partial charge in [0.05, 0.1) is 18.9 Å². The number of rotatable bonds is 5. The number of furan rings is 1. The van der Waals surface area contributed by atoms with Gasteiger partial charge in [-0.05, 0) is 31.5 Å². The van der Waals surface area contributed by atoms with E-state index in [0.717, 1.165) is 11.5 Å². The van der Waals surface area contributed by atoms with Gasteiger partial charge in [0.15, 0.2) is 9.84 Å². The first-order chi connectivity index (χ1) is 12.0. The van der Waals surface area contributed by atoms with Gasteiger partial charge in [-0.2, -0.15) is 0 Å². The summed E-state index contributed by atoms with van der Waals surface area (Å²) in [4.78, 5) is 10.2. The Kier molecular flexibility index (Phi) is 4.04. The van der Waals surface area contributed by atoms with E-state index in [4.69, 9.17) is 9.15 Å². The van der Waals surface area contributed by atoms with E-state index in [1.165, 1.54) is 0 Å². The third-order valence-corrected chi connectivity index (χ3v) is 7.82. The monoisotopic (exact) mass is 363 g/mol. The third-order valence-electron chi connectivity index (χ3n) is 5.21. The van der Waals surface area contributed by atoms with Crippen molar-refractivity contribution < 1.29 is 17.6 Å². The van der Waals surface area contributed by atoms with Crippen LogP contribution in [0.3, 0.4) is 0 Å². The molecule has 2 aliphatic heterocycles. The second kappa shape index (κ2) is 6.10. The molecule has 0 saturated carbocycles. The van der Waals surface area contributed by atoms with Crippen molar-refractivity contribution in [2.45, 2.75) is 24.6 Å². The van der Waals surface area contributed by atoms with Crippen LogP contribution in [0.1, 0.15) is 17.9 Å². The standard InChI is InChI=1S/C17H21N3O4S/c1-13-3-4-15(24-13)9-20-11-17(12-20)14(5-8-25(17,21)22)10-23-16-18-6-2-7-19-16/h2-4,6-7,14H,5,8-12H2,1H3. The minimum absolute atomic E-state index is 0.0316. The Hall–Kier alpha value is -1.93. The van der Waals surface area contributed by atoms with Gasteiger partial charge in [-0.15, -0.1) is 0 Å². The molecule has 2 aliphatic rings. The minimum Gasteiger partial charge on any atom is -0.465 e. The highest BCUT2D eigenvalue weighted by Gasteiger charge is 2.61. The molecule has 0 radical (unpaired) electrons. The largest absolute Gasteiger partial charge is 0.465 e. The number of likely N-dealkylation sites (tertiary alicyclic amines) is 1. The maximum atomic E-state index is 12.7. The van der Waals surface area contributed by atoms with E-state index >= 15 is 0 Å². The van der Waals surface area contributed by atoms with Gasteiger partial charge in [0.1, 0.15) is 16.3 Å². The van der Waals surface area contributed by atoms with E-state index in [2.05, 4.69) is 14.9 Å². The Labute approximate surface area is 146 Å². The third kappa shape index (κ3) is 2.93. The molecule has 0 amide bonds. The van der Waals surface area contributed by atoms with Crippen molar-refractivity contribution in [2.75, 3.05) is 25.4 Å². The molecule has 134 valence electrons. The SMILES string of the molecule is Cc1ccc(CN2CC3(C2)C(COc2ncccn2)CCS3(=O)=O)o1. The molecule has 0 bridgehead atoms. The molecule has 7 nitrogen and oxygen atoms in total. The molecule has 25 heavy (non-hydrogen) atoms. The van der Waals surface area contributed by atoms with Gasteiger partial charge in [0.25, 0.3) is 0 Å². The maximum absolute atomic E-state index is 12.7. The Balaban J connectivity index is 1.43. The average molecular weight is 363 g/mol. The predicted octanol–water partition coefficient (Wildman–Crippen LogP) is 1.45. The fraction of sp³-hybridized carbons (Fsp3) is 0.529. The maximum Gasteiger partial charge on any atom is 0.316 e. The van der Waals surface area contributed by atoms with Crippen LogP contribution in [-0.2, 0) is 16.4 Å². The molecule has 2 aromatic rings. The zero-order valence-electron chi connectivity index (χ0n) is 14.1. The topological polar surface area (TPSA) is 85.5 Å². The lowest BCUT2D eigenvalue weighted by Gasteiger charge is -2.49. The number of sulfone groups is 1. The smallest absolute Gasteiger partial charge is 0.316 e. The molecule has 0 aromatic carbocycles. The molecule has 1 spiro atoms. The molecule has 1 atom stereocenters. The summed E-state index contributed by atoms with van der Waals surface area (Å²) in [6.07, 6.45) is 3.85. The van der Waals surface area contributed by atoms with E-state index in [0.29, 0.717) is 38.7 Å². The van der Waals surface area contributed by atoms with Crippen LogP contribution in [-0.4, -0.2) is 53.5 Å². The summed E-state index contributed by atoms with van der Waals surface area (Å²) in [6.45, 7) is 3.93. The fourth-order valence-corrected chi connectivity index (χ4v) is 6.31. The summed E-state index contributed by atoms with van der Waals surface area (Å²) in [5.74, 6) is 1.93. The Bertz CT molecular complexity index is 844. The molecular formula is C17H21N3O4S. The van der Waals surface area contributed by atoms with Crippen LogP contribution in [0.5, 0.6) is 6.01 Å². The van der Waals surface area contributed by atoms with Crippen molar-refractivity contribution in [3.05, 3.63) is 42.1 Å². The number of hydrogen-bond acceptors (Lipinski definition) is 7. The number of aryl methyl sites for hydroxylation is 1. The summed E-state index contributed by atoms with van der Waals surface area (Å²) in [5.41, 5.74) is 0. The minimum atomic E-state index is -3.12. The van der Waals surface area contributed by atoms with Crippen molar-refractivity contribution in [1.29, 1.82) is 0 Å². The van der Waals surface area contributed by atoms with Gasteiger partial charge in [0, 0.05) is 31.4 Å². The summed E-state index contributed by atoms with van der Waals surface area (Å²) >= 11 is 0. The lowest BCUT2D eigenvalue weighted by molar-refractivity contribution is 0.0520. The first kappa shape index (κ1) is 16.5. The highest BCUT2D eigenvalue weighted by Crippen LogP contribution is 2.45. The Morgan fingerprint density at radius 3 is 2.76 bits per heavy atom. The molecule has 2 aromatic heterocycles. The number of hydrogen-bond donors (Lipinski definition) is 0. The predicted molar refractivity (Wildman–Crippen MR) is 90.9 cm³/mol. The average Bonchev–Trinajstić information content (AvgIpc) is 3.08. The normalized spacial score (nSPS) is 24.3. The molecule has 0 aliphatic carbocycles. The van der Waals surface area contributed by atoms with Crippen LogP contribution in [0, 0.1) is 12.8 Å². The van der Waals surface area contributed by atoms with E-state index in [-0.39, 0.29) is 11.7 Å². The second-order valence-electron chi connectivity index (χ2n) is 6.87. The molecular weight excluding hydrogens is 342 g/mol. The Morgan fingerprint density at radius 1 is 1.32 bits per heavy atom. The van der Waals surface area contributed by atoms with Crippen molar-refractivity contribution in [3.63, 3.8) is 0 Å². The molecule has 2 fully saturated rings. The van der Waals surface area contributed by atoms with Crippen LogP contribution >= 0.6 is 0 Å². The van der Waals surface area contributed by atoms with E-state index in [1.807, 2.05) is 19.1 Å². The number of aromatic nitrogens is 2. The summed E-state index contributed by atoms with van der Waals surface area (Å²) in [6, 6.07) is 5.88. The van der Waals surface area contributed by atoms with E-state index < -0.39 is 14.6 Å². The molecule has 0 N–H and O–H groups in total. The summed E-state index contributed by atoms with van der Waals surface area (Å²) in [7, 11) is -3.12. The first-order valence-electron chi connectivity index (χ1n) is 8.38. The zero-order chi connectivity index (χ0) is 17.5.